The van der Waals surface area contributed by atoms with Crippen molar-refractivity contribution in [3.05, 3.63) is 50.1 Å². The molecule has 7 nitrogen and oxygen atoms in total. The lowest BCUT2D eigenvalue weighted by molar-refractivity contribution is 0.430. The molecule has 0 fully saturated rings. The van der Waals surface area contributed by atoms with E-state index in [-0.39, 0.29) is 16.6 Å². The molecular weight excluding hydrogens is 431 g/mol. The zero-order valence-corrected chi connectivity index (χ0v) is 14.7. The van der Waals surface area contributed by atoms with E-state index in [1.54, 1.807) is 6.92 Å². The van der Waals surface area contributed by atoms with Crippen molar-refractivity contribution in [2.75, 3.05) is 0 Å². The van der Waals surface area contributed by atoms with Crippen molar-refractivity contribution in [2.24, 2.45) is 10.2 Å². The van der Waals surface area contributed by atoms with Gasteiger partial charge in [0.15, 0.2) is 9.52 Å². The lowest BCUT2D eigenvalue weighted by atomic mass is 10.2. The van der Waals surface area contributed by atoms with Crippen LogP contribution in [0.2, 0.25) is 0 Å². The van der Waals surface area contributed by atoms with Gasteiger partial charge in [0.25, 0.3) is 5.13 Å². The lowest BCUT2D eigenvalue weighted by Gasteiger charge is -2.01. The standard InChI is InChI=1S/C14H9IN4O3S/c1-7-10(20)9(13(21)22-11(7)15)16-18-14-19-17-12(23-14)8-5-3-2-4-6-8/h2-6,20H,1H3. The molecule has 9 heteroatoms. The maximum absolute atomic E-state index is 11.7. The van der Waals surface area contributed by atoms with Gasteiger partial charge in [-0.2, -0.15) is 0 Å². The van der Waals surface area contributed by atoms with Gasteiger partial charge >= 0.3 is 5.63 Å². The van der Waals surface area contributed by atoms with Gasteiger partial charge in [-0.3, -0.25) is 0 Å². The number of hydrogen-bond donors (Lipinski definition) is 1. The minimum Gasteiger partial charge on any atom is -0.505 e. The molecule has 0 aliphatic heterocycles. The molecule has 0 radical (unpaired) electrons. The molecule has 0 amide bonds. The first-order valence-electron chi connectivity index (χ1n) is 6.39. The molecular formula is C14H9IN4O3S. The van der Waals surface area contributed by atoms with Crippen molar-refractivity contribution in [3.63, 3.8) is 0 Å². The molecule has 0 unspecified atom stereocenters. The number of aromatic hydroxyl groups is 1. The first kappa shape index (κ1) is 15.7. The van der Waals surface area contributed by atoms with E-state index in [9.17, 15) is 9.90 Å². The zero-order valence-electron chi connectivity index (χ0n) is 11.7. The molecule has 3 aromatic rings. The third-order valence-electron chi connectivity index (χ3n) is 2.92. The smallest absolute Gasteiger partial charge is 0.368 e. The SMILES string of the molecule is Cc1c(I)oc(=O)c(N=Nc2nnc(-c3ccccc3)s2)c1O. The van der Waals surface area contributed by atoms with Crippen LogP contribution >= 0.6 is 33.9 Å². The van der Waals surface area contributed by atoms with Crippen molar-refractivity contribution in [1.29, 1.82) is 0 Å². The number of nitrogens with zero attached hydrogens (tertiary/aromatic N) is 4. The van der Waals surface area contributed by atoms with Crippen molar-refractivity contribution in [1.82, 2.24) is 10.2 Å². The molecule has 23 heavy (non-hydrogen) atoms. The molecule has 0 aliphatic rings. The highest BCUT2D eigenvalue weighted by atomic mass is 127. The van der Waals surface area contributed by atoms with Crippen molar-refractivity contribution >= 4 is 44.7 Å². The summed E-state index contributed by atoms with van der Waals surface area (Å²) < 4.78 is 5.28. The highest BCUT2D eigenvalue weighted by Gasteiger charge is 2.15. The summed E-state index contributed by atoms with van der Waals surface area (Å²) in [6.45, 7) is 1.62. The zero-order chi connectivity index (χ0) is 16.4. The average Bonchev–Trinajstić information content (AvgIpc) is 3.02. The third kappa shape index (κ3) is 3.29. The Kier molecular flexibility index (Phi) is 4.48. The van der Waals surface area contributed by atoms with Crippen LogP contribution in [0.25, 0.3) is 10.6 Å². The van der Waals surface area contributed by atoms with E-state index in [4.69, 9.17) is 4.42 Å². The lowest BCUT2D eigenvalue weighted by Crippen LogP contribution is -2.01. The van der Waals surface area contributed by atoms with Crippen molar-refractivity contribution in [3.8, 4) is 16.3 Å². The van der Waals surface area contributed by atoms with Crippen molar-refractivity contribution in [2.45, 2.75) is 6.92 Å². The monoisotopic (exact) mass is 440 g/mol. The molecule has 116 valence electrons. The van der Waals surface area contributed by atoms with Gasteiger partial charge in [0.1, 0.15) is 5.01 Å². The van der Waals surface area contributed by atoms with E-state index < -0.39 is 5.63 Å². The number of rotatable bonds is 3. The van der Waals surface area contributed by atoms with E-state index in [0.29, 0.717) is 14.3 Å². The molecule has 1 N–H and O–H groups in total. The largest absolute Gasteiger partial charge is 0.505 e. The van der Waals surface area contributed by atoms with Crippen LogP contribution in [0.4, 0.5) is 10.8 Å². The van der Waals surface area contributed by atoms with E-state index in [2.05, 4.69) is 20.4 Å². The van der Waals surface area contributed by atoms with Crippen LogP contribution in [-0.4, -0.2) is 15.3 Å². The summed E-state index contributed by atoms with van der Waals surface area (Å²) in [6.07, 6.45) is 0. The summed E-state index contributed by atoms with van der Waals surface area (Å²) in [4.78, 5) is 11.7. The minimum absolute atomic E-state index is 0.248. The Morgan fingerprint density at radius 1 is 1.22 bits per heavy atom. The highest BCUT2D eigenvalue weighted by molar-refractivity contribution is 14.1. The van der Waals surface area contributed by atoms with Crippen LogP contribution in [0.5, 0.6) is 5.75 Å². The summed E-state index contributed by atoms with van der Waals surface area (Å²) in [5.41, 5.74) is 0.341. The van der Waals surface area contributed by atoms with Gasteiger partial charge in [-0.25, -0.2) is 4.79 Å². The van der Waals surface area contributed by atoms with Gasteiger partial charge in [-0.15, -0.1) is 20.4 Å². The Hall–Kier alpha value is -2.14. The molecule has 0 saturated heterocycles. The van der Waals surface area contributed by atoms with E-state index in [1.165, 1.54) is 11.3 Å². The quantitative estimate of drug-likeness (QED) is 0.486. The molecule has 0 bridgehead atoms. The maximum Gasteiger partial charge on any atom is 0.368 e. The van der Waals surface area contributed by atoms with Crippen LogP contribution < -0.4 is 5.63 Å². The second kappa shape index (κ2) is 6.54. The summed E-state index contributed by atoms with van der Waals surface area (Å²) in [7, 11) is 0. The van der Waals surface area contributed by atoms with Gasteiger partial charge in [0, 0.05) is 33.7 Å². The Labute approximate surface area is 147 Å². The summed E-state index contributed by atoms with van der Waals surface area (Å²) >= 11 is 3.05. The van der Waals surface area contributed by atoms with Crippen LogP contribution in [-0.2, 0) is 0 Å². The predicted molar refractivity (Wildman–Crippen MR) is 93.6 cm³/mol. The fourth-order valence-corrected chi connectivity index (χ4v) is 2.84. The predicted octanol–water partition coefficient (Wildman–Crippen LogP) is 4.19. The Morgan fingerprint density at radius 3 is 2.70 bits per heavy atom. The molecule has 0 saturated carbocycles. The first-order valence-corrected chi connectivity index (χ1v) is 8.28. The van der Waals surface area contributed by atoms with Gasteiger partial charge in [0.2, 0.25) is 5.69 Å². The topological polar surface area (TPSA) is 101 Å². The van der Waals surface area contributed by atoms with Gasteiger partial charge in [-0.1, -0.05) is 41.7 Å². The van der Waals surface area contributed by atoms with Crippen LogP contribution in [0.3, 0.4) is 0 Å². The average molecular weight is 440 g/mol. The number of azo groups is 1. The fourth-order valence-electron chi connectivity index (χ4n) is 1.71. The van der Waals surface area contributed by atoms with E-state index >= 15 is 0 Å². The Bertz CT molecular complexity index is 937. The molecule has 0 spiro atoms. The van der Waals surface area contributed by atoms with Crippen LogP contribution in [0.1, 0.15) is 5.56 Å². The van der Waals surface area contributed by atoms with Crippen molar-refractivity contribution < 1.29 is 9.52 Å². The minimum atomic E-state index is -0.756. The molecule has 3 rings (SSSR count). The van der Waals surface area contributed by atoms with Crippen LogP contribution in [0, 0.1) is 10.7 Å². The number of aromatic nitrogens is 2. The third-order valence-corrected chi connectivity index (χ3v) is 4.81. The van der Waals surface area contributed by atoms with E-state index in [1.807, 2.05) is 52.9 Å². The van der Waals surface area contributed by atoms with Gasteiger partial charge in [0.05, 0.1) is 0 Å². The Morgan fingerprint density at radius 2 is 1.96 bits per heavy atom. The van der Waals surface area contributed by atoms with E-state index in [0.717, 1.165) is 5.56 Å². The summed E-state index contributed by atoms with van der Waals surface area (Å²) in [5, 5.41) is 26.5. The fraction of sp³-hybridized carbons (Fsp3) is 0.0714. The molecule has 0 atom stereocenters. The van der Waals surface area contributed by atoms with Crippen LogP contribution in [0.15, 0.2) is 49.8 Å². The number of hydrogen-bond acceptors (Lipinski definition) is 8. The molecule has 2 aromatic heterocycles. The highest BCUT2D eigenvalue weighted by Crippen LogP contribution is 2.32. The number of halogens is 1. The molecule has 1 aromatic carbocycles. The maximum atomic E-state index is 11.7. The summed E-state index contributed by atoms with van der Waals surface area (Å²) in [6, 6.07) is 9.52. The molecule has 0 aliphatic carbocycles. The van der Waals surface area contributed by atoms with Gasteiger partial charge < -0.3 is 9.52 Å². The van der Waals surface area contributed by atoms with Gasteiger partial charge in [-0.05, 0) is 6.92 Å². The second-order valence-electron chi connectivity index (χ2n) is 4.44. The second-order valence-corrected chi connectivity index (χ2v) is 6.38. The first-order chi connectivity index (χ1) is 11.1. The Balaban J connectivity index is 1.92. The molecule has 2 heterocycles. The number of benzene rings is 1. The normalized spacial score (nSPS) is 11.2. The summed E-state index contributed by atoms with van der Waals surface area (Å²) in [5.74, 6) is -0.248.